The first-order chi connectivity index (χ1) is 41.0. The van der Waals surface area contributed by atoms with Crippen LogP contribution in [0.1, 0.15) is 418 Å². The van der Waals surface area contributed by atoms with Gasteiger partial charge in [-0.25, -0.2) is 0 Å². The lowest BCUT2D eigenvalue weighted by atomic mass is 10.0. The molecule has 0 aliphatic heterocycles. The van der Waals surface area contributed by atoms with Crippen molar-refractivity contribution < 1.29 is 24.5 Å². The fourth-order valence-electron chi connectivity index (χ4n) is 11.9. The summed E-state index contributed by atoms with van der Waals surface area (Å²) in [5, 5.41) is 23.3. The maximum Gasteiger partial charge on any atom is 0.305 e. The third-order valence-corrected chi connectivity index (χ3v) is 17.7. The van der Waals surface area contributed by atoms with Gasteiger partial charge in [0.15, 0.2) is 0 Å². The predicted molar refractivity (Wildman–Crippen MR) is 366 cm³/mol. The maximum atomic E-state index is 12.5. The van der Waals surface area contributed by atoms with E-state index in [4.69, 9.17) is 4.74 Å². The highest BCUT2D eigenvalue weighted by Crippen LogP contribution is 2.19. The number of aliphatic hydroxyl groups excluding tert-OH is 2. The minimum Gasteiger partial charge on any atom is -0.466 e. The molecule has 0 aromatic carbocycles. The molecule has 0 saturated carbocycles. The van der Waals surface area contributed by atoms with Crippen molar-refractivity contribution in [2.45, 2.75) is 431 Å². The van der Waals surface area contributed by atoms with Crippen LogP contribution in [0.5, 0.6) is 0 Å². The Hall–Kier alpha value is -1.92. The Balaban J connectivity index is 3.43. The molecule has 3 N–H and O–H groups in total. The Morgan fingerprint density at radius 3 is 0.916 bits per heavy atom. The van der Waals surface area contributed by atoms with Gasteiger partial charge < -0.3 is 20.3 Å². The van der Waals surface area contributed by atoms with Crippen LogP contribution in [0.25, 0.3) is 0 Å². The number of nitrogens with one attached hydrogen (secondary N) is 1. The number of amides is 1. The number of carbonyl (C=O) groups excluding carboxylic acids is 2. The molecular formula is C77H147NO5. The van der Waals surface area contributed by atoms with Crippen molar-refractivity contribution in [3.63, 3.8) is 0 Å². The summed E-state index contributed by atoms with van der Waals surface area (Å²) in [6, 6.07) is -0.630. The fraction of sp³-hybridized carbons (Fsp3) is 0.896. The van der Waals surface area contributed by atoms with E-state index in [1.807, 2.05) is 6.08 Å². The molecule has 2 atom stereocenters. The summed E-state index contributed by atoms with van der Waals surface area (Å²) < 4.78 is 5.49. The van der Waals surface area contributed by atoms with E-state index in [9.17, 15) is 19.8 Å². The van der Waals surface area contributed by atoms with Gasteiger partial charge in [-0.05, 0) is 64.2 Å². The van der Waals surface area contributed by atoms with Gasteiger partial charge in [0, 0.05) is 12.8 Å². The van der Waals surface area contributed by atoms with Gasteiger partial charge in [-0.15, -0.1) is 0 Å². The molecule has 0 rings (SSSR count). The lowest BCUT2D eigenvalue weighted by molar-refractivity contribution is -0.143. The van der Waals surface area contributed by atoms with Gasteiger partial charge in [0.05, 0.1) is 25.4 Å². The van der Waals surface area contributed by atoms with Crippen LogP contribution < -0.4 is 5.32 Å². The Bertz CT molecular complexity index is 1340. The molecule has 6 heteroatoms. The molecule has 0 spiro atoms. The summed E-state index contributed by atoms with van der Waals surface area (Å²) in [5.41, 5.74) is 0. The highest BCUT2D eigenvalue weighted by Gasteiger charge is 2.18. The lowest BCUT2D eigenvalue weighted by Crippen LogP contribution is -2.45. The fourth-order valence-corrected chi connectivity index (χ4v) is 11.9. The van der Waals surface area contributed by atoms with Gasteiger partial charge in [-0.3, -0.25) is 9.59 Å². The normalized spacial score (nSPS) is 12.7. The van der Waals surface area contributed by atoms with Crippen molar-refractivity contribution in [3.8, 4) is 0 Å². The molecule has 83 heavy (non-hydrogen) atoms. The average molecular weight is 1170 g/mol. The van der Waals surface area contributed by atoms with E-state index in [0.29, 0.717) is 19.4 Å². The molecule has 0 saturated heterocycles. The van der Waals surface area contributed by atoms with Crippen molar-refractivity contribution in [3.05, 3.63) is 36.5 Å². The molecule has 0 fully saturated rings. The number of aliphatic hydroxyl groups is 2. The van der Waals surface area contributed by atoms with Gasteiger partial charge in [0.25, 0.3) is 0 Å². The Kier molecular flexibility index (Phi) is 70.9. The summed E-state index contributed by atoms with van der Waals surface area (Å²) in [6.45, 7) is 4.94. The first-order valence-electron chi connectivity index (χ1n) is 37.8. The summed E-state index contributed by atoms with van der Waals surface area (Å²) in [4.78, 5) is 24.6. The van der Waals surface area contributed by atoms with E-state index in [1.54, 1.807) is 6.08 Å². The van der Waals surface area contributed by atoms with Crippen molar-refractivity contribution in [2.24, 2.45) is 0 Å². The first-order valence-corrected chi connectivity index (χ1v) is 37.8. The van der Waals surface area contributed by atoms with Gasteiger partial charge in [-0.2, -0.15) is 0 Å². The number of hydrogen-bond acceptors (Lipinski definition) is 5. The number of hydrogen-bond donors (Lipinski definition) is 3. The van der Waals surface area contributed by atoms with Gasteiger partial charge in [-0.1, -0.05) is 378 Å². The number of ether oxygens (including phenoxy) is 1. The molecule has 6 nitrogen and oxygen atoms in total. The van der Waals surface area contributed by atoms with Crippen LogP contribution in [0.2, 0.25) is 0 Å². The Morgan fingerprint density at radius 1 is 0.337 bits per heavy atom. The quantitative estimate of drug-likeness (QED) is 0.0320. The van der Waals surface area contributed by atoms with E-state index in [0.717, 1.165) is 44.9 Å². The number of rotatable bonds is 71. The van der Waals surface area contributed by atoms with Crippen LogP contribution >= 0.6 is 0 Å². The third kappa shape index (κ3) is 69.1. The topological polar surface area (TPSA) is 95.9 Å². The van der Waals surface area contributed by atoms with E-state index in [-0.39, 0.29) is 18.5 Å². The summed E-state index contributed by atoms with van der Waals surface area (Å²) >= 11 is 0. The predicted octanol–water partition coefficient (Wildman–Crippen LogP) is 24.7. The smallest absolute Gasteiger partial charge is 0.305 e. The zero-order chi connectivity index (χ0) is 59.9. The molecule has 0 heterocycles. The molecular weight excluding hydrogens is 1020 g/mol. The minimum absolute atomic E-state index is 0.0138. The largest absolute Gasteiger partial charge is 0.466 e. The van der Waals surface area contributed by atoms with Gasteiger partial charge in [0.1, 0.15) is 0 Å². The zero-order valence-corrected chi connectivity index (χ0v) is 56.2. The highest BCUT2D eigenvalue weighted by molar-refractivity contribution is 5.76. The minimum atomic E-state index is -0.847. The average Bonchev–Trinajstić information content (AvgIpc) is 3.49. The second-order valence-electron chi connectivity index (χ2n) is 26.0. The first kappa shape index (κ1) is 81.1. The molecule has 0 aromatic heterocycles. The van der Waals surface area contributed by atoms with Crippen LogP contribution in [0, 0.1) is 0 Å². The number of esters is 1. The molecule has 490 valence electrons. The zero-order valence-electron chi connectivity index (χ0n) is 56.2. The molecule has 1 amide bonds. The van der Waals surface area contributed by atoms with Crippen LogP contribution in [0.3, 0.4) is 0 Å². The highest BCUT2D eigenvalue weighted by atomic mass is 16.5. The molecule has 2 unspecified atom stereocenters. The summed E-state index contributed by atoms with van der Waals surface area (Å²) in [6.07, 6.45) is 93.9. The van der Waals surface area contributed by atoms with E-state index < -0.39 is 12.1 Å². The lowest BCUT2D eigenvalue weighted by Gasteiger charge is -2.20. The van der Waals surface area contributed by atoms with Crippen LogP contribution in [-0.4, -0.2) is 47.4 Å². The van der Waals surface area contributed by atoms with Crippen LogP contribution in [0.15, 0.2) is 36.5 Å². The molecule has 0 aliphatic rings. The second kappa shape index (κ2) is 72.6. The van der Waals surface area contributed by atoms with Gasteiger partial charge in [0.2, 0.25) is 5.91 Å². The monoisotopic (exact) mass is 1170 g/mol. The maximum absolute atomic E-state index is 12.5. The SMILES string of the molecule is CCCCCCCCCCCCCCCCCCCCCCCC/C=C/C(O)C(CO)NC(=O)CCCCCCCCCCCCCCC/C=C\C/C=C\CCCCCCCCCCCOC(=O)CCCCCCCCCCCCCCC. The van der Waals surface area contributed by atoms with E-state index in [1.165, 1.54) is 347 Å². The molecule has 0 bridgehead atoms. The van der Waals surface area contributed by atoms with Crippen molar-refractivity contribution >= 4 is 11.9 Å². The van der Waals surface area contributed by atoms with Crippen molar-refractivity contribution in [1.29, 1.82) is 0 Å². The molecule has 0 aliphatic carbocycles. The Morgan fingerprint density at radius 2 is 0.602 bits per heavy atom. The van der Waals surface area contributed by atoms with Gasteiger partial charge >= 0.3 is 5.97 Å². The summed E-state index contributed by atoms with van der Waals surface area (Å²) in [5.74, 6) is -0.0506. The number of allylic oxidation sites excluding steroid dienone is 5. The van der Waals surface area contributed by atoms with Crippen molar-refractivity contribution in [1.82, 2.24) is 5.32 Å². The Labute approximate surface area is 519 Å². The van der Waals surface area contributed by atoms with Crippen molar-refractivity contribution in [2.75, 3.05) is 13.2 Å². The van der Waals surface area contributed by atoms with E-state index >= 15 is 0 Å². The van der Waals surface area contributed by atoms with Crippen LogP contribution in [-0.2, 0) is 14.3 Å². The third-order valence-electron chi connectivity index (χ3n) is 17.7. The molecule has 0 aromatic rings. The molecule has 0 radical (unpaired) electrons. The number of carbonyl (C=O) groups is 2. The number of unbranched alkanes of at least 4 members (excludes halogenated alkanes) is 56. The van der Waals surface area contributed by atoms with Crippen LogP contribution in [0.4, 0.5) is 0 Å². The second-order valence-corrected chi connectivity index (χ2v) is 26.0. The summed E-state index contributed by atoms with van der Waals surface area (Å²) in [7, 11) is 0. The standard InChI is InChI=1S/C77H147NO5/c1-3-5-7-9-11-13-15-17-18-19-20-21-22-30-33-36-39-42-46-49-53-57-61-65-69-75(80)74(73-79)78-76(81)70-66-62-58-54-50-47-43-40-37-34-31-28-26-24-23-25-27-29-32-35-38-41-44-48-52-56-60-64-68-72-83-77(82)71-67-63-59-55-51-45-16-14-12-10-8-6-4-2/h23,25,29,32,65,69,74-75,79-80H,3-22,24,26-28,30-31,33-64,66-68,70-73H2,1-2H3,(H,78,81)/b25-23-,32-29-,69-65+. The van der Waals surface area contributed by atoms with E-state index in [2.05, 4.69) is 43.5 Å².